The number of carbonyl (C=O) groups is 1. The molecule has 0 saturated carbocycles. The van der Waals surface area contributed by atoms with Crippen molar-refractivity contribution >= 4 is 21.8 Å². The van der Waals surface area contributed by atoms with Gasteiger partial charge in [0.05, 0.1) is 5.54 Å². The predicted octanol–water partition coefficient (Wildman–Crippen LogP) is 1.77. The highest BCUT2D eigenvalue weighted by atomic mass is 79.9. The van der Waals surface area contributed by atoms with Crippen molar-refractivity contribution < 1.29 is 4.79 Å². The summed E-state index contributed by atoms with van der Waals surface area (Å²) in [6, 6.07) is 5.84. The van der Waals surface area contributed by atoms with Crippen LogP contribution < -0.4 is 10.6 Å². The molecule has 0 aliphatic carbocycles. The zero-order valence-electron chi connectivity index (χ0n) is 8.85. The van der Waals surface area contributed by atoms with E-state index in [4.69, 9.17) is 0 Å². The molecule has 1 saturated heterocycles. The van der Waals surface area contributed by atoms with Crippen molar-refractivity contribution in [3.05, 3.63) is 33.8 Å². The molecule has 1 spiro atoms. The van der Waals surface area contributed by atoms with Crippen LogP contribution in [0.25, 0.3) is 0 Å². The second-order valence-corrected chi connectivity index (χ2v) is 5.30. The Morgan fingerprint density at radius 3 is 2.75 bits per heavy atom. The van der Waals surface area contributed by atoms with Gasteiger partial charge in [0.1, 0.15) is 0 Å². The molecule has 2 aliphatic rings. The van der Waals surface area contributed by atoms with E-state index >= 15 is 0 Å². The number of benzene rings is 1. The van der Waals surface area contributed by atoms with Crippen molar-refractivity contribution in [2.45, 2.75) is 18.4 Å². The van der Waals surface area contributed by atoms with Gasteiger partial charge in [-0.2, -0.15) is 0 Å². The first-order valence-electron chi connectivity index (χ1n) is 5.55. The molecule has 2 N–H and O–H groups in total. The van der Waals surface area contributed by atoms with E-state index in [-0.39, 0.29) is 11.4 Å². The minimum atomic E-state index is -0.141. The van der Waals surface area contributed by atoms with E-state index in [1.807, 2.05) is 18.2 Å². The fourth-order valence-corrected chi connectivity index (χ4v) is 3.52. The molecule has 0 bridgehead atoms. The van der Waals surface area contributed by atoms with Gasteiger partial charge >= 0.3 is 0 Å². The lowest BCUT2D eigenvalue weighted by Gasteiger charge is -2.35. The van der Waals surface area contributed by atoms with Gasteiger partial charge in [-0.1, -0.05) is 22.0 Å². The molecule has 3 rings (SSSR count). The Balaban J connectivity index is 2.16. The highest BCUT2D eigenvalue weighted by molar-refractivity contribution is 9.10. The molecular formula is C12H13BrN2O. The Kier molecular flexibility index (Phi) is 2.30. The lowest BCUT2D eigenvalue weighted by atomic mass is 9.82. The summed E-state index contributed by atoms with van der Waals surface area (Å²) in [7, 11) is 0. The van der Waals surface area contributed by atoms with Gasteiger partial charge in [0, 0.05) is 15.6 Å². The van der Waals surface area contributed by atoms with Crippen molar-refractivity contribution in [3.63, 3.8) is 0 Å². The Hall–Kier alpha value is -0.870. The van der Waals surface area contributed by atoms with Crippen molar-refractivity contribution in [3.8, 4) is 0 Å². The number of fused-ring (bicyclic) bond motifs is 2. The van der Waals surface area contributed by atoms with E-state index in [2.05, 4.69) is 26.6 Å². The first-order valence-corrected chi connectivity index (χ1v) is 6.34. The average molecular weight is 281 g/mol. The van der Waals surface area contributed by atoms with Crippen molar-refractivity contribution in [1.82, 2.24) is 10.6 Å². The average Bonchev–Trinajstić information content (AvgIpc) is 2.55. The summed E-state index contributed by atoms with van der Waals surface area (Å²) in [4.78, 5) is 11.9. The number of carbonyl (C=O) groups excluding carboxylic acids is 1. The van der Waals surface area contributed by atoms with E-state index in [1.54, 1.807) is 0 Å². The SMILES string of the molecule is O=C1NC2(CCNCC2)c2c(Br)cccc21. The van der Waals surface area contributed by atoms with Crippen LogP contribution in [0.3, 0.4) is 0 Å². The summed E-state index contributed by atoms with van der Waals surface area (Å²) in [5, 5.41) is 6.50. The monoisotopic (exact) mass is 280 g/mol. The fourth-order valence-electron chi connectivity index (χ4n) is 2.78. The highest BCUT2D eigenvalue weighted by Crippen LogP contribution is 2.41. The molecule has 0 aromatic heterocycles. The van der Waals surface area contributed by atoms with Crippen LogP contribution in [0.2, 0.25) is 0 Å². The highest BCUT2D eigenvalue weighted by Gasteiger charge is 2.44. The summed E-state index contributed by atoms with van der Waals surface area (Å²) in [5.41, 5.74) is 1.84. The third-order valence-corrected chi connectivity index (χ3v) is 4.21. The number of hydrogen-bond donors (Lipinski definition) is 2. The third-order valence-electron chi connectivity index (χ3n) is 3.55. The van der Waals surface area contributed by atoms with Gasteiger partial charge in [0.2, 0.25) is 0 Å². The Morgan fingerprint density at radius 2 is 2.00 bits per heavy atom. The molecule has 84 valence electrons. The van der Waals surface area contributed by atoms with Crippen LogP contribution in [0.15, 0.2) is 22.7 Å². The number of piperidine rings is 1. The van der Waals surface area contributed by atoms with E-state index in [0.29, 0.717) is 0 Å². The summed E-state index contributed by atoms with van der Waals surface area (Å²) < 4.78 is 1.05. The zero-order valence-corrected chi connectivity index (χ0v) is 10.4. The maximum absolute atomic E-state index is 11.9. The first kappa shape index (κ1) is 10.3. The molecule has 0 radical (unpaired) electrons. The van der Waals surface area contributed by atoms with E-state index in [1.165, 1.54) is 0 Å². The van der Waals surface area contributed by atoms with Crippen LogP contribution in [-0.2, 0) is 5.54 Å². The maximum Gasteiger partial charge on any atom is 0.252 e. The van der Waals surface area contributed by atoms with E-state index < -0.39 is 0 Å². The Morgan fingerprint density at radius 1 is 1.25 bits per heavy atom. The molecule has 2 heterocycles. The van der Waals surface area contributed by atoms with Crippen molar-refractivity contribution in [1.29, 1.82) is 0 Å². The van der Waals surface area contributed by atoms with Crippen molar-refractivity contribution in [2.75, 3.05) is 13.1 Å². The van der Waals surface area contributed by atoms with Gasteiger partial charge in [-0.25, -0.2) is 0 Å². The number of rotatable bonds is 0. The van der Waals surface area contributed by atoms with Gasteiger partial charge in [-0.15, -0.1) is 0 Å². The number of halogens is 1. The largest absolute Gasteiger partial charge is 0.342 e. The second-order valence-electron chi connectivity index (χ2n) is 4.45. The fraction of sp³-hybridized carbons (Fsp3) is 0.417. The number of nitrogens with one attached hydrogen (secondary N) is 2. The molecule has 1 aromatic carbocycles. The Bertz CT molecular complexity index is 452. The molecule has 1 fully saturated rings. The molecule has 4 heteroatoms. The van der Waals surface area contributed by atoms with Crippen LogP contribution in [0, 0.1) is 0 Å². The molecule has 3 nitrogen and oxygen atoms in total. The van der Waals surface area contributed by atoms with Gasteiger partial charge < -0.3 is 10.6 Å². The molecule has 1 amide bonds. The Labute approximate surface area is 103 Å². The first-order chi connectivity index (χ1) is 7.73. The van der Waals surface area contributed by atoms with Crippen LogP contribution >= 0.6 is 15.9 Å². The maximum atomic E-state index is 11.9. The third kappa shape index (κ3) is 1.33. The molecule has 2 aliphatic heterocycles. The van der Waals surface area contributed by atoms with Crippen LogP contribution in [0.5, 0.6) is 0 Å². The quantitative estimate of drug-likeness (QED) is 0.761. The molecule has 16 heavy (non-hydrogen) atoms. The summed E-state index contributed by atoms with van der Waals surface area (Å²) >= 11 is 3.57. The smallest absolute Gasteiger partial charge is 0.252 e. The lowest BCUT2D eigenvalue weighted by Crippen LogP contribution is -2.47. The molecule has 0 atom stereocenters. The summed E-state index contributed by atoms with van der Waals surface area (Å²) in [6.45, 7) is 1.92. The van der Waals surface area contributed by atoms with Crippen LogP contribution in [-0.4, -0.2) is 19.0 Å². The van der Waals surface area contributed by atoms with E-state index in [9.17, 15) is 4.79 Å². The number of amides is 1. The minimum absolute atomic E-state index is 0.0678. The standard InChI is InChI=1S/C12H13BrN2O/c13-9-3-1-2-8-10(9)12(15-11(8)16)4-6-14-7-5-12/h1-3,14H,4-7H2,(H,15,16). The predicted molar refractivity (Wildman–Crippen MR) is 65.4 cm³/mol. The normalized spacial score (nSPS) is 21.9. The molecular weight excluding hydrogens is 268 g/mol. The summed E-state index contributed by atoms with van der Waals surface area (Å²) in [5.74, 6) is 0.0678. The van der Waals surface area contributed by atoms with Gasteiger partial charge in [-0.05, 0) is 38.1 Å². The van der Waals surface area contributed by atoms with Gasteiger partial charge in [0.25, 0.3) is 5.91 Å². The van der Waals surface area contributed by atoms with E-state index in [0.717, 1.165) is 41.5 Å². The molecule has 1 aromatic rings. The summed E-state index contributed by atoms with van der Waals surface area (Å²) in [6.07, 6.45) is 1.93. The van der Waals surface area contributed by atoms with Crippen LogP contribution in [0.1, 0.15) is 28.8 Å². The van der Waals surface area contributed by atoms with Crippen LogP contribution in [0.4, 0.5) is 0 Å². The van der Waals surface area contributed by atoms with Gasteiger partial charge in [0.15, 0.2) is 0 Å². The number of hydrogen-bond acceptors (Lipinski definition) is 2. The topological polar surface area (TPSA) is 41.1 Å². The van der Waals surface area contributed by atoms with Crippen molar-refractivity contribution in [2.24, 2.45) is 0 Å². The van der Waals surface area contributed by atoms with Gasteiger partial charge in [-0.3, -0.25) is 4.79 Å². The molecule has 0 unspecified atom stereocenters. The minimum Gasteiger partial charge on any atom is -0.342 e. The lowest BCUT2D eigenvalue weighted by molar-refractivity contribution is 0.0913. The zero-order chi connectivity index (χ0) is 11.2. The second kappa shape index (κ2) is 3.57.